The van der Waals surface area contributed by atoms with E-state index in [0.29, 0.717) is 12.0 Å². The van der Waals surface area contributed by atoms with Gasteiger partial charge in [0.05, 0.1) is 11.2 Å². The third-order valence-electron chi connectivity index (χ3n) is 8.98. The van der Waals surface area contributed by atoms with Gasteiger partial charge in [0, 0.05) is 61.7 Å². The molecule has 1 atom stereocenters. The molecule has 1 unspecified atom stereocenters. The highest BCUT2D eigenvalue weighted by Gasteiger charge is 2.43. The van der Waals surface area contributed by atoms with Gasteiger partial charge in [-0.1, -0.05) is 66.7 Å². The number of H-pyrrole nitrogens is 1. The molecule has 1 spiro atoms. The molecule has 3 saturated heterocycles. The van der Waals surface area contributed by atoms with Crippen LogP contribution in [0.3, 0.4) is 0 Å². The van der Waals surface area contributed by atoms with E-state index >= 15 is 0 Å². The third kappa shape index (κ3) is 7.64. The number of nitrogens with one attached hydrogen (secondary N) is 2. The Morgan fingerprint density at radius 3 is 2.36 bits per heavy atom. The second kappa shape index (κ2) is 13.5. The Balaban J connectivity index is 0.000000499. The lowest BCUT2D eigenvalue weighted by Crippen LogP contribution is -2.57. The van der Waals surface area contributed by atoms with Crippen LogP contribution in [0.25, 0.3) is 29.1 Å². The number of aliphatic carboxylic acids is 1. The zero-order chi connectivity index (χ0) is 33.0. The average molecular weight is 645 g/mol. The lowest BCUT2D eigenvalue weighted by molar-refractivity contribution is -0.192. The Hall–Kier alpha value is -4.74. The van der Waals surface area contributed by atoms with Gasteiger partial charge in [0.2, 0.25) is 5.91 Å². The summed E-state index contributed by atoms with van der Waals surface area (Å²) in [7, 11) is 0. The van der Waals surface area contributed by atoms with Crippen LogP contribution in [-0.4, -0.2) is 71.1 Å². The van der Waals surface area contributed by atoms with E-state index in [2.05, 4.69) is 87.2 Å². The van der Waals surface area contributed by atoms with Gasteiger partial charge in [0.25, 0.3) is 0 Å². The number of ether oxygens (including phenoxy) is 1. The van der Waals surface area contributed by atoms with Gasteiger partial charge in [0.1, 0.15) is 0 Å². The first-order valence-corrected chi connectivity index (χ1v) is 15.5. The molecule has 3 aliphatic heterocycles. The minimum atomic E-state index is -5.08. The molecule has 0 aliphatic carbocycles. The first-order valence-electron chi connectivity index (χ1n) is 15.5. The molecule has 1 amide bonds. The van der Waals surface area contributed by atoms with Crippen molar-refractivity contribution in [2.24, 2.45) is 5.41 Å². The summed E-state index contributed by atoms with van der Waals surface area (Å²) in [5, 5.41) is 18.9. The number of likely N-dealkylation sites (tertiary alicyclic amines) is 1. The number of fused-ring (bicyclic) bond motifs is 1. The molecule has 3 N–H and O–H groups in total. The van der Waals surface area contributed by atoms with Crippen LogP contribution in [0.15, 0.2) is 78.4 Å². The molecule has 8 nitrogen and oxygen atoms in total. The maximum atomic E-state index is 12.6. The number of amides is 1. The van der Waals surface area contributed by atoms with E-state index in [1.165, 1.54) is 31.5 Å². The van der Waals surface area contributed by atoms with Crippen LogP contribution in [0, 0.1) is 5.41 Å². The number of nitrogens with zero attached hydrogens (tertiary/aromatic N) is 2. The first-order chi connectivity index (χ1) is 22.6. The Morgan fingerprint density at radius 1 is 1.00 bits per heavy atom. The van der Waals surface area contributed by atoms with Crippen LogP contribution in [0.5, 0.6) is 0 Å². The summed E-state index contributed by atoms with van der Waals surface area (Å²) in [5.41, 5.74) is 7.82. The monoisotopic (exact) mass is 644 g/mol. The average Bonchev–Trinajstić information content (AvgIpc) is 3.63. The van der Waals surface area contributed by atoms with Crippen molar-refractivity contribution < 1.29 is 32.6 Å². The van der Waals surface area contributed by atoms with Crippen LogP contribution in [0.2, 0.25) is 0 Å². The molecule has 3 aromatic carbocycles. The fraction of sp³-hybridized carbons (Fsp3) is 0.306. The summed E-state index contributed by atoms with van der Waals surface area (Å²) in [4.78, 5) is 24.0. The normalized spacial score (nSPS) is 20.3. The lowest BCUT2D eigenvalue weighted by Gasteiger charge is -2.52. The number of hydrogen-bond donors (Lipinski definition) is 3. The highest BCUT2D eigenvalue weighted by molar-refractivity contribution is 6.02. The number of hydrogen-bond acceptors (Lipinski definition) is 5. The highest BCUT2D eigenvalue weighted by Crippen LogP contribution is 2.40. The zero-order valence-corrected chi connectivity index (χ0v) is 25.6. The number of carboxylic acid groups (broad SMARTS) is 1. The molecule has 7 rings (SSSR count). The van der Waals surface area contributed by atoms with Gasteiger partial charge in [-0.05, 0) is 59.4 Å². The minimum Gasteiger partial charge on any atom is -0.475 e. The molecule has 0 bridgehead atoms. The summed E-state index contributed by atoms with van der Waals surface area (Å²) < 4.78 is 37.3. The fourth-order valence-electron chi connectivity index (χ4n) is 6.47. The van der Waals surface area contributed by atoms with Crippen molar-refractivity contribution in [2.45, 2.75) is 31.5 Å². The van der Waals surface area contributed by atoms with Crippen LogP contribution >= 0.6 is 0 Å². The molecule has 11 heteroatoms. The van der Waals surface area contributed by atoms with E-state index < -0.39 is 12.1 Å². The SMILES string of the molecule is O=C(O)C(F)(F)F.O=C1NCC(c2ccccc2)C1=Cc1ccc2c(/C=C/c3ccc(CN4CC5(CCOCC5)C4)cc3)n[nH]c2c1. The van der Waals surface area contributed by atoms with Gasteiger partial charge >= 0.3 is 12.1 Å². The molecule has 4 aromatic rings. The zero-order valence-electron chi connectivity index (χ0n) is 25.6. The highest BCUT2D eigenvalue weighted by atomic mass is 19.4. The summed E-state index contributed by atoms with van der Waals surface area (Å²) in [6, 6.07) is 25.2. The number of aromatic amines is 1. The summed E-state index contributed by atoms with van der Waals surface area (Å²) in [6.07, 6.45) is 3.51. The smallest absolute Gasteiger partial charge is 0.475 e. The molecule has 0 radical (unpaired) electrons. The lowest BCUT2D eigenvalue weighted by atomic mass is 9.73. The van der Waals surface area contributed by atoms with Crippen molar-refractivity contribution in [1.29, 1.82) is 0 Å². The molecule has 47 heavy (non-hydrogen) atoms. The molecule has 3 aliphatic rings. The van der Waals surface area contributed by atoms with Gasteiger partial charge in [-0.2, -0.15) is 18.3 Å². The first kappa shape index (κ1) is 32.2. The largest absolute Gasteiger partial charge is 0.490 e. The number of halogens is 3. The van der Waals surface area contributed by atoms with Gasteiger partial charge in [-0.25, -0.2) is 4.79 Å². The van der Waals surface area contributed by atoms with Crippen LogP contribution in [0.1, 0.15) is 46.7 Å². The second-order valence-electron chi connectivity index (χ2n) is 12.3. The van der Waals surface area contributed by atoms with Gasteiger partial charge in [0.15, 0.2) is 0 Å². The van der Waals surface area contributed by atoms with E-state index in [9.17, 15) is 18.0 Å². The molecule has 4 heterocycles. The molecule has 0 saturated carbocycles. The predicted octanol–water partition coefficient (Wildman–Crippen LogP) is 6.28. The summed E-state index contributed by atoms with van der Waals surface area (Å²) in [5.74, 6) is -2.69. The van der Waals surface area contributed by atoms with Gasteiger partial charge in [-0.3, -0.25) is 14.8 Å². The quantitative estimate of drug-likeness (QED) is 0.214. The van der Waals surface area contributed by atoms with Crippen molar-refractivity contribution in [1.82, 2.24) is 20.4 Å². The molecule has 244 valence electrons. The van der Waals surface area contributed by atoms with E-state index in [1.807, 2.05) is 24.3 Å². The minimum absolute atomic E-state index is 0.00122. The number of benzene rings is 3. The Labute approximate surface area is 269 Å². The number of aromatic nitrogens is 2. The number of carboxylic acids is 1. The molecular weight excluding hydrogens is 609 g/mol. The maximum Gasteiger partial charge on any atom is 0.490 e. The molecule has 1 aromatic heterocycles. The van der Waals surface area contributed by atoms with Crippen LogP contribution in [0.4, 0.5) is 13.2 Å². The van der Waals surface area contributed by atoms with E-state index in [0.717, 1.165) is 58.6 Å². The van der Waals surface area contributed by atoms with Crippen molar-refractivity contribution in [3.05, 3.63) is 106 Å². The van der Waals surface area contributed by atoms with Gasteiger partial charge in [-0.15, -0.1) is 0 Å². The Kier molecular flexibility index (Phi) is 9.28. The van der Waals surface area contributed by atoms with Crippen molar-refractivity contribution in [2.75, 3.05) is 32.8 Å². The standard InChI is InChI=1S/C34H34N4O2.C2HF3O2/c39-33-29(30(20-35-33)27-4-2-1-3-5-27)18-26-10-12-28-31(36-37-32(28)19-26)13-11-24-6-8-25(9-7-24)21-38-22-34(23-38)14-16-40-17-15-34;3-2(4,5)1(6)7/h1-13,18-19,30H,14-17,20-23H2,(H,35,39)(H,36,37);(H,6,7)/b13-11+,29-18?;. The Bertz CT molecular complexity index is 1780. The third-order valence-corrected chi connectivity index (χ3v) is 8.98. The van der Waals surface area contributed by atoms with Gasteiger partial charge < -0.3 is 15.2 Å². The van der Waals surface area contributed by atoms with E-state index in [1.54, 1.807) is 0 Å². The number of carbonyl (C=O) groups is 2. The molecular formula is C36H35F3N4O4. The van der Waals surface area contributed by atoms with Crippen molar-refractivity contribution >= 4 is 41.0 Å². The second-order valence-corrected chi connectivity index (χ2v) is 12.3. The number of rotatable bonds is 6. The van der Waals surface area contributed by atoms with Crippen LogP contribution in [-0.2, 0) is 20.9 Å². The van der Waals surface area contributed by atoms with Crippen molar-refractivity contribution in [3.8, 4) is 0 Å². The Morgan fingerprint density at radius 2 is 1.68 bits per heavy atom. The summed E-state index contributed by atoms with van der Waals surface area (Å²) in [6.45, 7) is 5.89. The van der Waals surface area contributed by atoms with Crippen LogP contribution < -0.4 is 5.32 Å². The predicted molar refractivity (Wildman–Crippen MR) is 173 cm³/mol. The fourth-order valence-corrected chi connectivity index (χ4v) is 6.47. The maximum absolute atomic E-state index is 12.6. The topological polar surface area (TPSA) is 108 Å². The summed E-state index contributed by atoms with van der Waals surface area (Å²) >= 11 is 0. The number of carbonyl (C=O) groups excluding carboxylic acids is 1. The van der Waals surface area contributed by atoms with Crippen molar-refractivity contribution in [3.63, 3.8) is 0 Å². The van der Waals surface area contributed by atoms with E-state index in [-0.39, 0.29) is 11.8 Å². The van der Waals surface area contributed by atoms with E-state index in [4.69, 9.17) is 14.6 Å². The molecule has 3 fully saturated rings. The number of alkyl halides is 3.